The molecule has 39 heteroatoms. The van der Waals surface area contributed by atoms with E-state index < -0.39 is 172 Å². The van der Waals surface area contributed by atoms with Crippen molar-refractivity contribution < 1.29 is 156 Å². The third kappa shape index (κ3) is 35.4. The SMILES string of the molecule is CC(=O)N[C@H]1[C@H](OCCOCCOCCOCC(=O)NCCCC[C@H](NC(=O)[C@H](CCCCNC(=O)COCCOCCOCCO[C@@H]2O[C@H](CO)[C@H](O)[C@H](O)[C@H]2NC(C)=O)NC(=O)COCCOCCOCCO[C@@H]2O[C@H](CO)[C@H](O)[C@H](O)[C@H]2N)C(=O)O)O[C@H](CO)[C@H](O)[C@@H]1O. The second-order valence-electron chi connectivity index (χ2n) is 22.3. The van der Waals surface area contributed by atoms with Crippen LogP contribution in [-0.2, 0) is 105 Å². The number of hydrogen-bond donors (Lipinski definition) is 17. The standard InChI is InChI=1S/C58H105N7O32/c1-35(69)62-46-52(78)49(75)40(30-67)96-57(46)93-27-24-87-15-12-83-17-20-89-32-42(71)60-9-5-3-7-37(64-44(73)34-91-22-19-85-11-14-86-23-26-92-56-45(59)51(77)48(74)39(29-66)95-56)54(80)65-38(55(81)82)8-4-6-10-61-43(72)33-90-21-18-84-13-16-88-25-28-94-58-47(63-36(2)70)53(79)50(76)41(31-68)97-58/h37-41,45-53,56-58,66-68,74-79H,3-34,59H2,1-2H3,(H,60,71)(H,61,72)(H,62,69)(H,63,70)(H,64,73)(H,65,80)(H,81,82)/t37-,38-,39+,40+,41+,45+,46+,47+,48-,49-,50-,51+,52+,53+,56+,57+,58+/m0/s1. The normalized spacial score (nSPS) is 26.3. The first-order chi connectivity index (χ1) is 46.6. The first kappa shape index (κ1) is 86.5. The fraction of sp³-hybridized carbons (Fsp3) is 0.879. The van der Waals surface area contributed by atoms with Gasteiger partial charge in [-0.15, -0.1) is 0 Å². The molecule has 0 aromatic heterocycles. The highest BCUT2D eigenvalue weighted by molar-refractivity contribution is 5.90. The Kier molecular flexibility index (Phi) is 45.9. The number of ether oxygens (including phenoxy) is 15. The number of rotatable bonds is 55. The molecule has 3 saturated heterocycles. The van der Waals surface area contributed by atoms with Crippen molar-refractivity contribution in [2.24, 2.45) is 5.73 Å². The zero-order valence-electron chi connectivity index (χ0n) is 55.0. The van der Waals surface area contributed by atoms with Crippen LogP contribution in [0.1, 0.15) is 52.4 Å². The van der Waals surface area contributed by atoms with Crippen molar-refractivity contribution in [1.29, 1.82) is 0 Å². The van der Waals surface area contributed by atoms with Crippen LogP contribution < -0.4 is 37.6 Å². The van der Waals surface area contributed by atoms with Gasteiger partial charge in [0.1, 0.15) is 98.9 Å². The molecule has 39 nitrogen and oxygen atoms in total. The number of carbonyl (C=O) groups excluding carboxylic acids is 6. The Morgan fingerprint density at radius 3 is 1.08 bits per heavy atom. The molecule has 0 radical (unpaired) electrons. The van der Waals surface area contributed by atoms with E-state index >= 15 is 0 Å². The number of nitrogens with two attached hydrogens (primary N) is 1. The lowest BCUT2D eigenvalue weighted by Gasteiger charge is -2.42. The van der Waals surface area contributed by atoms with Crippen molar-refractivity contribution in [2.75, 3.05) is 172 Å². The molecule has 0 spiro atoms. The van der Waals surface area contributed by atoms with E-state index in [4.69, 9.17) is 76.8 Å². The summed E-state index contributed by atoms with van der Waals surface area (Å²) < 4.78 is 81.9. The van der Waals surface area contributed by atoms with Gasteiger partial charge in [-0.2, -0.15) is 0 Å². The van der Waals surface area contributed by atoms with Gasteiger partial charge in [-0.25, -0.2) is 4.79 Å². The second kappa shape index (κ2) is 51.4. The Balaban J connectivity index is 1.32. The van der Waals surface area contributed by atoms with Gasteiger partial charge < -0.3 is 160 Å². The quantitative estimate of drug-likeness (QED) is 0.0252. The fourth-order valence-corrected chi connectivity index (χ4v) is 9.50. The molecule has 0 saturated carbocycles. The Hall–Kier alpha value is -4.71. The lowest BCUT2D eigenvalue weighted by Crippen LogP contribution is -2.64. The number of aliphatic hydroxyl groups excluding tert-OH is 9. The Bertz CT molecular complexity index is 2190. The minimum Gasteiger partial charge on any atom is -0.480 e. The number of carboxylic acid groups (broad SMARTS) is 1. The highest BCUT2D eigenvalue weighted by Gasteiger charge is 2.47. The van der Waals surface area contributed by atoms with E-state index in [9.17, 15) is 84.6 Å². The van der Waals surface area contributed by atoms with Crippen molar-refractivity contribution in [1.82, 2.24) is 31.9 Å². The first-order valence-electron chi connectivity index (χ1n) is 32.2. The zero-order valence-corrected chi connectivity index (χ0v) is 55.0. The maximum atomic E-state index is 13.6. The average molecular weight is 1410 g/mol. The van der Waals surface area contributed by atoms with E-state index in [1.807, 2.05) is 0 Å². The fourth-order valence-electron chi connectivity index (χ4n) is 9.50. The maximum Gasteiger partial charge on any atom is 0.326 e. The van der Waals surface area contributed by atoms with Gasteiger partial charge in [0, 0.05) is 26.9 Å². The number of hydrogen-bond acceptors (Lipinski definition) is 32. The highest BCUT2D eigenvalue weighted by Crippen LogP contribution is 2.24. The minimum atomic E-state index is -1.45. The maximum absolute atomic E-state index is 13.6. The third-order valence-electron chi connectivity index (χ3n) is 14.6. The molecule has 0 aromatic rings. The van der Waals surface area contributed by atoms with Gasteiger partial charge in [0.25, 0.3) is 0 Å². The topological polar surface area (TPSA) is 558 Å². The molecular formula is C58H105N7O32. The number of aliphatic carboxylic acids is 1. The number of amides is 6. The monoisotopic (exact) mass is 1410 g/mol. The van der Waals surface area contributed by atoms with Crippen LogP contribution in [-0.4, -0.2) is 368 Å². The van der Waals surface area contributed by atoms with E-state index in [0.29, 0.717) is 19.3 Å². The number of carbonyl (C=O) groups is 7. The van der Waals surface area contributed by atoms with Gasteiger partial charge in [0.15, 0.2) is 18.9 Å². The van der Waals surface area contributed by atoms with Crippen molar-refractivity contribution in [3.05, 3.63) is 0 Å². The Morgan fingerprint density at radius 2 is 0.722 bits per heavy atom. The van der Waals surface area contributed by atoms with E-state index in [2.05, 4.69) is 31.9 Å². The smallest absolute Gasteiger partial charge is 0.326 e. The summed E-state index contributed by atoms with van der Waals surface area (Å²) in [5, 5.41) is 115. The van der Waals surface area contributed by atoms with Crippen molar-refractivity contribution in [2.45, 2.75) is 156 Å². The number of unbranched alkanes of at least 4 members (excludes halogenated alkanes) is 2. The van der Waals surface area contributed by atoms with Crippen LogP contribution in [0.15, 0.2) is 0 Å². The molecule has 6 amide bonds. The van der Waals surface area contributed by atoms with Crippen molar-refractivity contribution >= 4 is 41.4 Å². The molecule has 97 heavy (non-hydrogen) atoms. The molecule has 0 aromatic carbocycles. The molecule has 18 N–H and O–H groups in total. The summed E-state index contributed by atoms with van der Waals surface area (Å²) >= 11 is 0. The minimum absolute atomic E-state index is 0.0130. The largest absolute Gasteiger partial charge is 0.480 e. The van der Waals surface area contributed by atoms with E-state index in [1.165, 1.54) is 13.8 Å². The molecule has 3 aliphatic rings. The summed E-state index contributed by atoms with van der Waals surface area (Å²) in [5.41, 5.74) is 5.86. The Morgan fingerprint density at radius 1 is 0.402 bits per heavy atom. The summed E-state index contributed by atoms with van der Waals surface area (Å²) in [6.07, 6.45) is -13.9. The van der Waals surface area contributed by atoms with Crippen LogP contribution in [0.3, 0.4) is 0 Å². The third-order valence-corrected chi connectivity index (χ3v) is 14.6. The van der Waals surface area contributed by atoms with Gasteiger partial charge in [-0.3, -0.25) is 28.8 Å². The summed E-state index contributed by atoms with van der Waals surface area (Å²) in [5.74, 6) is -4.63. The van der Waals surface area contributed by atoms with E-state index in [1.54, 1.807) is 0 Å². The van der Waals surface area contributed by atoms with Crippen LogP contribution in [0.4, 0.5) is 0 Å². The molecule has 3 heterocycles. The number of carboxylic acids is 1. The van der Waals surface area contributed by atoms with Gasteiger partial charge >= 0.3 is 5.97 Å². The molecule has 17 atom stereocenters. The summed E-state index contributed by atoms with van der Waals surface area (Å²) in [6.45, 7) is 1.73. The number of aliphatic hydroxyl groups is 9. The van der Waals surface area contributed by atoms with Crippen molar-refractivity contribution in [3.8, 4) is 0 Å². The predicted molar refractivity (Wildman–Crippen MR) is 327 cm³/mol. The average Bonchev–Trinajstić information content (AvgIpc) is 0.833. The summed E-state index contributed by atoms with van der Waals surface area (Å²) in [4.78, 5) is 87.0. The summed E-state index contributed by atoms with van der Waals surface area (Å²) in [7, 11) is 0. The van der Waals surface area contributed by atoms with Gasteiger partial charge in [0.05, 0.1) is 145 Å². The van der Waals surface area contributed by atoms with Crippen LogP contribution in [0.25, 0.3) is 0 Å². The lowest BCUT2D eigenvalue weighted by molar-refractivity contribution is -0.272. The van der Waals surface area contributed by atoms with Crippen molar-refractivity contribution in [3.63, 3.8) is 0 Å². The molecule has 0 aliphatic carbocycles. The van der Waals surface area contributed by atoms with Crippen LogP contribution in [0.2, 0.25) is 0 Å². The van der Waals surface area contributed by atoms with Gasteiger partial charge in [-0.05, 0) is 38.5 Å². The van der Waals surface area contributed by atoms with Crippen LogP contribution in [0, 0.1) is 0 Å². The molecule has 3 aliphatic heterocycles. The Labute approximate surface area is 561 Å². The molecule has 0 unspecified atom stereocenters. The molecule has 3 rings (SSSR count). The molecule has 564 valence electrons. The number of nitrogens with one attached hydrogen (secondary N) is 6. The lowest BCUT2D eigenvalue weighted by atomic mass is 9.97. The van der Waals surface area contributed by atoms with E-state index in [-0.39, 0.29) is 164 Å². The predicted octanol–water partition coefficient (Wildman–Crippen LogP) is -9.53. The van der Waals surface area contributed by atoms with Crippen LogP contribution >= 0.6 is 0 Å². The van der Waals surface area contributed by atoms with Gasteiger partial charge in [0.2, 0.25) is 35.4 Å². The molecule has 0 bridgehead atoms. The zero-order chi connectivity index (χ0) is 71.3. The summed E-state index contributed by atoms with van der Waals surface area (Å²) in [6, 6.07) is -5.78. The van der Waals surface area contributed by atoms with Gasteiger partial charge in [-0.1, -0.05) is 0 Å². The molecular weight excluding hydrogens is 1310 g/mol. The van der Waals surface area contributed by atoms with Crippen LogP contribution in [0.5, 0.6) is 0 Å². The molecule has 3 fully saturated rings. The highest BCUT2D eigenvalue weighted by atomic mass is 16.7. The second-order valence-corrected chi connectivity index (χ2v) is 22.3. The first-order valence-corrected chi connectivity index (χ1v) is 32.2. The van der Waals surface area contributed by atoms with E-state index in [0.717, 1.165) is 0 Å².